The summed E-state index contributed by atoms with van der Waals surface area (Å²) in [6, 6.07) is 4.54. The van der Waals surface area contributed by atoms with Crippen molar-refractivity contribution < 1.29 is 0 Å². The Balaban J connectivity index is 2.45. The maximum atomic E-state index is 3.57. The normalized spacial score (nSPS) is 10.8. The highest BCUT2D eigenvalue weighted by Gasteiger charge is 2.02. The standard InChI is InChI=1S/C14H22BrN/c1-4-16-8-6-5-7-13-9-12(3)14(15)10-11(13)2/h9-10,16H,4-8H2,1-3H3. The van der Waals surface area contributed by atoms with Crippen molar-refractivity contribution in [2.75, 3.05) is 13.1 Å². The van der Waals surface area contributed by atoms with Gasteiger partial charge in [0.05, 0.1) is 0 Å². The number of nitrogens with one attached hydrogen (secondary N) is 1. The first kappa shape index (κ1) is 13.7. The third-order valence-corrected chi connectivity index (χ3v) is 3.77. The van der Waals surface area contributed by atoms with Crippen LogP contribution >= 0.6 is 15.9 Å². The molecule has 0 atom stereocenters. The fraction of sp³-hybridized carbons (Fsp3) is 0.571. The number of hydrogen-bond donors (Lipinski definition) is 1. The van der Waals surface area contributed by atoms with Crippen LogP contribution < -0.4 is 5.32 Å². The molecule has 1 rings (SSSR count). The molecule has 1 aromatic carbocycles. The van der Waals surface area contributed by atoms with Gasteiger partial charge in [-0.1, -0.05) is 28.9 Å². The molecule has 1 nitrogen and oxygen atoms in total. The largest absolute Gasteiger partial charge is 0.317 e. The molecule has 0 saturated heterocycles. The van der Waals surface area contributed by atoms with E-state index in [1.54, 1.807) is 0 Å². The fourth-order valence-electron chi connectivity index (χ4n) is 1.85. The molecule has 0 aliphatic rings. The van der Waals surface area contributed by atoms with Crippen molar-refractivity contribution in [1.29, 1.82) is 0 Å². The van der Waals surface area contributed by atoms with Crippen molar-refractivity contribution in [3.05, 3.63) is 33.3 Å². The summed E-state index contributed by atoms with van der Waals surface area (Å²) in [6.45, 7) is 8.74. The summed E-state index contributed by atoms with van der Waals surface area (Å²) in [7, 11) is 0. The number of aryl methyl sites for hydroxylation is 3. The van der Waals surface area contributed by atoms with Crippen LogP contribution in [0.5, 0.6) is 0 Å². The van der Waals surface area contributed by atoms with Crippen molar-refractivity contribution in [3.63, 3.8) is 0 Å². The lowest BCUT2D eigenvalue weighted by Crippen LogP contribution is -2.14. The fourth-order valence-corrected chi connectivity index (χ4v) is 2.31. The Morgan fingerprint density at radius 1 is 1.12 bits per heavy atom. The zero-order valence-electron chi connectivity index (χ0n) is 10.6. The highest BCUT2D eigenvalue weighted by atomic mass is 79.9. The van der Waals surface area contributed by atoms with Crippen LogP contribution in [0.2, 0.25) is 0 Å². The van der Waals surface area contributed by atoms with Crippen LogP contribution in [0.4, 0.5) is 0 Å². The van der Waals surface area contributed by atoms with Crippen molar-refractivity contribution in [1.82, 2.24) is 5.32 Å². The van der Waals surface area contributed by atoms with Gasteiger partial charge in [-0.3, -0.25) is 0 Å². The molecule has 1 aromatic rings. The Hall–Kier alpha value is -0.340. The zero-order valence-corrected chi connectivity index (χ0v) is 12.2. The smallest absolute Gasteiger partial charge is 0.0207 e. The van der Waals surface area contributed by atoms with E-state index in [2.05, 4.69) is 54.2 Å². The molecule has 2 heteroatoms. The number of benzene rings is 1. The minimum atomic E-state index is 1.08. The van der Waals surface area contributed by atoms with Crippen LogP contribution in [0, 0.1) is 13.8 Å². The third-order valence-electron chi connectivity index (χ3n) is 2.92. The zero-order chi connectivity index (χ0) is 12.0. The van der Waals surface area contributed by atoms with Gasteiger partial charge in [0, 0.05) is 4.47 Å². The first-order valence-electron chi connectivity index (χ1n) is 6.11. The Morgan fingerprint density at radius 2 is 1.88 bits per heavy atom. The van der Waals surface area contributed by atoms with E-state index >= 15 is 0 Å². The predicted octanol–water partition coefficient (Wildman–Crippen LogP) is 4.00. The Morgan fingerprint density at radius 3 is 2.56 bits per heavy atom. The summed E-state index contributed by atoms with van der Waals surface area (Å²) in [5.41, 5.74) is 4.24. The van der Waals surface area contributed by atoms with Gasteiger partial charge < -0.3 is 5.32 Å². The van der Waals surface area contributed by atoms with Gasteiger partial charge in [-0.15, -0.1) is 0 Å². The van der Waals surface area contributed by atoms with Crippen LogP contribution in [-0.4, -0.2) is 13.1 Å². The van der Waals surface area contributed by atoms with Crippen LogP contribution in [-0.2, 0) is 6.42 Å². The summed E-state index contributed by atoms with van der Waals surface area (Å²) in [5, 5.41) is 3.36. The van der Waals surface area contributed by atoms with Gasteiger partial charge in [-0.25, -0.2) is 0 Å². The first-order chi connectivity index (χ1) is 7.65. The highest BCUT2D eigenvalue weighted by Crippen LogP contribution is 2.22. The maximum Gasteiger partial charge on any atom is 0.0207 e. The van der Waals surface area contributed by atoms with Gasteiger partial charge in [-0.05, 0) is 69.0 Å². The molecule has 0 heterocycles. The van der Waals surface area contributed by atoms with Crippen LogP contribution in [0.3, 0.4) is 0 Å². The average molecular weight is 284 g/mol. The molecule has 0 aliphatic heterocycles. The van der Waals surface area contributed by atoms with Gasteiger partial charge in [0.1, 0.15) is 0 Å². The molecule has 1 N–H and O–H groups in total. The summed E-state index contributed by atoms with van der Waals surface area (Å²) >= 11 is 3.57. The quantitative estimate of drug-likeness (QED) is 0.779. The molecular weight excluding hydrogens is 262 g/mol. The maximum absolute atomic E-state index is 3.57. The molecule has 0 saturated carbocycles. The lowest BCUT2D eigenvalue weighted by atomic mass is 10.0. The number of rotatable bonds is 6. The minimum absolute atomic E-state index is 1.08. The summed E-state index contributed by atoms with van der Waals surface area (Å²) < 4.78 is 1.22. The average Bonchev–Trinajstić information content (AvgIpc) is 2.25. The second-order valence-corrected chi connectivity index (χ2v) is 5.19. The monoisotopic (exact) mass is 283 g/mol. The predicted molar refractivity (Wildman–Crippen MR) is 75.1 cm³/mol. The Labute approximate surface area is 108 Å². The minimum Gasteiger partial charge on any atom is -0.317 e. The molecule has 0 spiro atoms. The highest BCUT2D eigenvalue weighted by molar-refractivity contribution is 9.10. The van der Waals surface area contributed by atoms with Crippen LogP contribution in [0.1, 0.15) is 36.5 Å². The summed E-state index contributed by atoms with van der Waals surface area (Å²) in [5.74, 6) is 0. The molecular formula is C14H22BrN. The molecule has 0 radical (unpaired) electrons. The molecule has 0 unspecified atom stereocenters. The Bertz CT molecular complexity index is 334. The topological polar surface area (TPSA) is 12.0 Å². The summed E-state index contributed by atoms with van der Waals surface area (Å²) in [4.78, 5) is 0. The molecule has 0 aliphatic carbocycles. The first-order valence-corrected chi connectivity index (χ1v) is 6.90. The third kappa shape index (κ3) is 4.26. The van der Waals surface area contributed by atoms with Crippen LogP contribution in [0.15, 0.2) is 16.6 Å². The van der Waals surface area contributed by atoms with E-state index in [9.17, 15) is 0 Å². The van der Waals surface area contributed by atoms with Crippen molar-refractivity contribution in [2.24, 2.45) is 0 Å². The lowest BCUT2D eigenvalue weighted by Gasteiger charge is -2.09. The van der Waals surface area contributed by atoms with E-state index in [0.29, 0.717) is 0 Å². The summed E-state index contributed by atoms with van der Waals surface area (Å²) in [6.07, 6.45) is 3.74. The molecule has 0 amide bonds. The van der Waals surface area contributed by atoms with E-state index in [1.807, 2.05) is 0 Å². The van der Waals surface area contributed by atoms with E-state index in [-0.39, 0.29) is 0 Å². The van der Waals surface area contributed by atoms with Crippen molar-refractivity contribution >= 4 is 15.9 Å². The van der Waals surface area contributed by atoms with E-state index in [1.165, 1.54) is 40.4 Å². The molecule has 90 valence electrons. The van der Waals surface area contributed by atoms with E-state index in [4.69, 9.17) is 0 Å². The molecule has 0 fully saturated rings. The Kier molecular flexibility index (Phi) is 6.07. The van der Waals surface area contributed by atoms with Gasteiger partial charge in [0.2, 0.25) is 0 Å². The second-order valence-electron chi connectivity index (χ2n) is 4.34. The van der Waals surface area contributed by atoms with E-state index in [0.717, 1.165) is 13.1 Å². The SMILES string of the molecule is CCNCCCCc1cc(C)c(Br)cc1C. The van der Waals surface area contributed by atoms with Crippen molar-refractivity contribution in [3.8, 4) is 0 Å². The lowest BCUT2D eigenvalue weighted by molar-refractivity contribution is 0.640. The number of halogens is 1. The van der Waals surface area contributed by atoms with Gasteiger partial charge >= 0.3 is 0 Å². The molecule has 16 heavy (non-hydrogen) atoms. The van der Waals surface area contributed by atoms with E-state index < -0.39 is 0 Å². The van der Waals surface area contributed by atoms with Gasteiger partial charge in [0.15, 0.2) is 0 Å². The molecule has 0 aromatic heterocycles. The second kappa shape index (κ2) is 7.08. The van der Waals surface area contributed by atoms with Crippen molar-refractivity contribution in [2.45, 2.75) is 40.0 Å². The number of hydrogen-bond acceptors (Lipinski definition) is 1. The van der Waals surface area contributed by atoms with Gasteiger partial charge in [-0.2, -0.15) is 0 Å². The van der Waals surface area contributed by atoms with Crippen LogP contribution in [0.25, 0.3) is 0 Å². The number of unbranched alkanes of at least 4 members (excludes halogenated alkanes) is 1. The molecule has 0 bridgehead atoms. The van der Waals surface area contributed by atoms with Gasteiger partial charge in [0.25, 0.3) is 0 Å².